The maximum absolute atomic E-state index is 6.06. The van der Waals surface area contributed by atoms with E-state index in [0.717, 1.165) is 48.8 Å². The number of fused-ring (bicyclic) bond motifs is 2. The molecule has 1 aromatic heterocycles. The Morgan fingerprint density at radius 1 is 1.39 bits per heavy atom. The van der Waals surface area contributed by atoms with Crippen molar-refractivity contribution in [1.82, 2.24) is 20.1 Å². The fraction of sp³-hybridized carbons (Fsp3) is 0.438. The van der Waals surface area contributed by atoms with Crippen LogP contribution in [0, 0.1) is 0 Å². The van der Waals surface area contributed by atoms with Gasteiger partial charge in [-0.2, -0.15) is 0 Å². The van der Waals surface area contributed by atoms with Crippen LogP contribution in [0.1, 0.15) is 36.1 Å². The second-order valence-electron chi connectivity index (χ2n) is 5.86. The van der Waals surface area contributed by atoms with Crippen molar-refractivity contribution < 1.29 is 4.74 Å². The molecule has 4 rings (SSSR count). The number of benzene rings is 1. The summed E-state index contributed by atoms with van der Waals surface area (Å²) in [6, 6.07) is 8.16. The minimum Gasteiger partial charge on any atom is -0.493 e. The maximum Gasteiger partial charge on any atom is 0.189 e. The lowest BCUT2D eigenvalue weighted by molar-refractivity contribution is 0.262. The fourth-order valence-corrected chi connectivity index (χ4v) is 3.20. The zero-order valence-electron chi connectivity index (χ0n) is 12.9. The van der Waals surface area contributed by atoms with Gasteiger partial charge in [-0.15, -0.1) is 10.2 Å². The van der Waals surface area contributed by atoms with Gasteiger partial charge in [-0.1, -0.05) is 18.2 Å². The summed E-state index contributed by atoms with van der Waals surface area (Å²) in [6.07, 6.45) is 3.00. The molecule has 7 heteroatoms. The smallest absolute Gasteiger partial charge is 0.189 e. The molecule has 0 fully saturated rings. The molecule has 0 spiro atoms. The molecule has 0 saturated carbocycles. The van der Waals surface area contributed by atoms with Gasteiger partial charge in [0.25, 0.3) is 0 Å². The lowest BCUT2D eigenvalue weighted by atomic mass is 10.0. The number of ether oxygens (including phenoxy) is 1. The molecule has 0 saturated heterocycles. The summed E-state index contributed by atoms with van der Waals surface area (Å²) in [5.41, 5.74) is 7.19. The van der Waals surface area contributed by atoms with Crippen molar-refractivity contribution >= 4 is 5.96 Å². The highest BCUT2D eigenvalue weighted by Crippen LogP contribution is 2.31. The van der Waals surface area contributed by atoms with Gasteiger partial charge < -0.3 is 20.4 Å². The van der Waals surface area contributed by atoms with Crippen LogP contribution in [0.3, 0.4) is 0 Å². The third-order valence-corrected chi connectivity index (χ3v) is 4.36. The van der Waals surface area contributed by atoms with Crippen LogP contribution >= 0.6 is 0 Å². The molecule has 2 aromatic rings. The molecule has 2 aliphatic rings. The number of rotatable bonds is 3. The Hall–Kier alpha value is -2.57. The van der Waals surface area contributed by atoms with Gasteiger partial charge in [0.05, 0.1) is 12.6 Å². The second kappa shape index (κ2) is 5.91. The van der Waals surface area contributed by atoms with Crippen molar-refractivity contribution in [3.63, 3.8) is 0 Å². The minimum atomic E-state index is 0.132. The Morgan fingerprint density at radius 3 is 3.26 bits per heavy atom. The second-order valence-corrected chi connectivity index (χ2v) is 5.86. The highest BCUT2D eigenvalue weighted by molar-refractivity contribution is 5.78. The topological polar surface area (TPSA) is 90.4 Å². The summed E-state index contributed by atoms with van der Waals surface area (Å²) in [5.74, 6) is 3.29. The number of aliphatic imine (C=N–C) groups is 1. The average Bonchev–Trinajstić information content (AvgIpc) is 3.17. The van der Waals surface area contributed by atoms with Crippen LogP contribution in [-0.4, -0.2) is 27.3 Å². The van der Waals surface area contributed by atoms with Crippen LogP contribution < -0.4 is 15.8 Å². The van der Waals surface area contributed by atoms with Gasteiger partial charge in [-0.05, 0) is 12.5 Å². The minimum absolute atomic E-state index is 0.132. The molecule has 23 heavy (non-hydrogen) atoms. The van der Waals surface area contributed by atoms with Crippen molar-refractivity contribution in [2.75, 3.05) is 6.61 Å². The Balaban J connectivity index is 1.45. The Morgan fingerprint density at radius 2 is 2.30 bits per heavy atom. The Bertz CT molecular complexity index is 738. The summed E-state index contributed by atoms with van der Waals surface area (Å²) in [4.78, 5) is 4.43. The predicted molar refractivity (Wildman–Crippen MR) is 86.1 cm³/mol. The number of para-hydroxylation sites is 1. The number of hydrogen-bond acceptors (Lipinski definition) is 4. The SMILES string of the molecule is NC(=NCc1nnc2n1CCC2)NC1CCOc2ccccc21. The van der Waals surface area contributed by atoms with E-state index in [2.05, 4.69) is 31.1 Å². The number of nitrogens with two attached hydrogens (primary N) is 1. The van der Waals surface area contributed by atoms with Crippen LogP contribution in [0.2, 0.25) is 0 Å². The summed E-state index contributed by atoms with van der Waals surface area (Å²) in [7, 11) is 0. The van der Waals surface area contributed by atoms with E-state index in [-0.39, 0.29) is 6.04 Å². The molecule has 3 heterocycles. The summed E-state index contributed by atoms with van der Waals surface area (Å²) < 4.78 is 7.80. The van der Waals surface area contributed by atoms with E-state index in [4.69, 9.17) is 10.5 Å². The molecule has 120 valence electrons. The zero-order valence-corrected chi connectivity index (χ0v) is 12.9. The number of nitrogens with zero attached hydrogens (tertiary/aromatic N) is 4. The maximum atomic E-state index is 6.06. The number of hydrogen-bond donors (Lipinski definition) is 2. The Labute approximate surface area is 134 Å². The first-order valence-corrected chi connectivity index (χ1v) is 8.00. The fourth-order valence-electron chi connectivity index (χ4n) is 3.20. The third kappa shape index (κ3) is 2.74. The Kier molecular flexibility index (Phi) is 3.61. The highest BCUT2D eigenvalue weighted by Gasteiger charge is 2.21. The lowest BCUT2D eigenvalue weighted by Crippen LogP contribution is -2.37. The summed E-state index contributed by atoms with van der Waals surface area (Å²) in [5, 5.41) is 11.7. The molecule has 0 amide bonds. The molecule has 0 aliphatic carbocycles. The van der Waals surface area contributed by atoms with Crippen LogP contribution in [0.5, 0.6) is 5.75 Å². The van der Waals surface area contributed by atoms with Gasteiger partial charge in [0.15, 0.2) is 11.8 Å². The van der Waals surface area contributed by atoms with Gasteiger partial charge in [0, 0.05) is 24.9 Å². The molecule has 1 unspecified atom stereocenters. The number of aryl methyl sites for hydroxylation is 1. The van der Waals surface area contributed by atoms with E-state index in [1.165, 1.54) is 0 Å². The molecule has 2 aliphatic heterocycles. The van der Waals surface area contributed by atoms with Gasteiger partial charge in [-0.3, -0.25) is 0 Å². The summed E-state index contributed by atoms with van der Waals surface area (Å²) in [6.45, 7) is 2.12. The van der Waals surface area contributed by atoms with Crippen LogP contribution in [0.4, 0.5) is 0 Å². The van der Waals surface area contributed by atoms with E-state index in [0.29, 0.717) is 19.1 Å². The van der Waals surface area contributed by atoms with Crippen molar-refractivity contribution in [3.05, 3.63) is 41.5 Å². The van der Waals surface area contributed by atoms with E-state index in [1.807, 2.05) is 18.2 Å². The normalized spacial score (nSPS) is 19.8. The quantitative estimate of drug-likeness (QED) is 0.655. The van der Waals surface area contributed by atoms with Crippen LogP contribution in [-0.2, 0) is 19.5 Å². The van der Waals surface area contributed by atoms with E-state index < -0.39 is 0 Å². The summed E-state index contributed by atoms with van der Waals surface area (Å²) >= 11 is 0. The molecule has 1 atom stereocenters. The van der Waals surface area contributed by atoms with E-state index in [1.54, 1.807) is 0 Å². The lowest BCUT2D eigenvalue weighted by Gasteiger charge is -2.26. The van der Waals surface area contributed by atoms with E-state index >= 15 is 0 Å². The molecule has 1 aromatic carbocycles. The molecular formula is C16H20N6O. The average molecular weight is 312 g/mol. The zero-order chi connectivity index (χ0) is 15.6. The number of aromatic nitrogens is 3. The molecular weight excluding hydrogens is 292 g/mol. The number of nitrogens with one attached hydrogen (secondary N) is 1. The first-order valence-electron chi connectivity index (χ1n) is 8.00. The highest BCUT2D eigenvalue weighted by atomic mass is 16.5. The van der Waals surface area contributed by atoms with Crippen molar-refractivity contribution in [1.29, 1.82) is 0 Å². The molecule has 0 radical (unpaired) electrons. The van der Waals surface area contributed by atoms with Gasteiger partial charge in [0.1, 0.15) is 18.1 Å². The molecule has 0 bridgehead atoms. The molecule has 7 nitrogen and oxygen atoms in total. The molecule has 3 N–H and O–H groups in total. The van der Waals surface area contributed by atoms with Crippen molar-refractivity contribution in [2.45, 2.75) is 38.4 Å². The monoisotopic (exact) mass is 312 g/mol. The third-order valence-electron chi connectivity index (χ3n) is 4.36. The van der Waals surface area contributed by atoms with Crippen molar-refractivity contribution in [2.24, 2.45) is 10.7 Å². The van der Waals surface area contributed by atoms with Gasteiger partial charge in [-0.25, -0.2) is 4.99 Å². The van der Waals surface area contributed by atoms with Crippen LogP contribution in [0.15, 0.2) is 29.3 Å². The largest absolute Gasteiger partial charge is 0.493 e. The number of guanidine groups is 1. The van der Waals surface area contributed by atoms with Gasteiger partial charge in [0.2, 0.25) is 0 Å². The van der Waals surface area contributed by atoms with Gasteiger partial charge >= 0.3 is 0 Å². The van der Waals surface area contributed by atoms with Crippen LogP contribution in [0.25, 0.3) is 0 Å². The predicted octanol–water partition coefficient (Wildman–Crippen LogP) is 1.15. The van der Waals surface area contributed by atoms with E-state index in [9.17, 15) is 0 Å². The first kappa shape index (κ1) is 14.0. The van der Waals surface area contributed by atoms with Crippen molar-refractivity contribution in [3.8, 4) is 5.75 Å². The standard InChI is InChI=1S/C16H20N6O/c17-16(18-10-15-21-20-14-6-3-8-22(14)15)19-12-7-9-23-13-5-2-1-4-11(12)13/h1-2,4-5,12H,3,6-10H2,(H3,17,18,19). The first-order chi connectivity index (χ1) is 11.3.